The molecule has 0 aromatic rings. The monoisotopic (exact) mass is 197 g/mol. The second-order valence-electron chi connectivity index (χ2n) is 5.34. The van der Waals surface area contributed by atoms with E-state index in [1.807, 2.05) is 7.05 Å². The van der Waals surface area contributed by atoms with E-state index in [0.717, 1.165) is 19.3 Å². The van der Waals surface area contributed by atoms with Crippen molar-refractivity contribution in [3.63, 3.8) is 0 Å². The topological polar surface area (TPSA) is 29.5 Å². The Hall–Kier alpha value is -0.730. The van der Waals surface area contributed by atoms with E-state index >= 15 is 0 Å². The van der Waals surface area contributed by atoms with Crippen molar-refractivity contribution < 1.29 is 9.53 Å². The average Bonchev–Trinajstić information content (AvgIpc) is 2.27. The summed E-state index contributed by atoms with van der Waals surface area (Å²) in [6, 6.07) is 0.323. The Morgan fingerprint density at radius 1 is 1.36 bits per heavy atom. The Morgan fingerprint density at radius 2 is 2.00 bits per heavy atom. The maximum Gasteiger partial charge on any atom is 0.410 e. The smallest absolute Gasteiger partial charge is 0.410 e. The summed E-state index contributed by atoms with van der Waals surface area (Å²) in [5.74, 6) is 0. The first-order valence-corrected chi connectivity index (χ1v) is 5.43. The summed E-state index contributed by atoms with van der Waals surface area (Å²) in [4.78, 5) is 13.1. The second-order valence-corrected chi connectivity index (χ2v) is 5.34. The van der Waals surface area contributed by atoms with Crippen molar-refractivity contribution in [2.24, 2.45) is 5.41 Å². The molecule has 0 aromatic carbocycles. The van der Waals surface area contributed by atoms with E-state index in [1.165, 1.54) is 6.42 Å². The molecule has 1 aliphatic heterocycles. The molecule has 3 heteroatoms. The standard InChI is InChI=1S/C11H19NO2/c1-11(2)6-4-8-9(5-7-11)14-10(13)12(8)3/h8-9H,4-7H2,1-3H3. The van der Waals surface area contributed by atoms with Crippen LogP contribution < -0.4 is 0 Å². The molecule has 0 bridgehead atoms. The van der Waals surface area contributed by atoms with Crippen molar-refractivity contribution in [2.45, 2.75) is 51.7 Å². The molecule has 0 N–H and O–H groups in total. The number of hydrogen-bond acceptors (Lipinski definition) is 2. The minimum Gasteiger partial charge on any atom is -0.444 e. The van der Waals surface area contributed by atoms with Crippen molar-refractivity contribution in [3.05, 3.63) is 0 Å². The Bertz CT molecular complexity index is 250. The Morgan fingerprint density at radius 3 is 2.71 bits per heavy atom. The Kier molecular flexibility index (Phi) is 2.20. The van der Waals surface area contributed by atoms with E-state index in [9.17, 15) is 4.79 Å². The fraction of sp³-hybridized carbons (Fsp3) is 0.909. The molecule has 3 nitrogen and oxygen atoms in total. The van der Waals surface area contributed by atoms with Crippen LogP contribution in [0.5, 0.6) is 0 Å². The van der Waals surface area contributed by atoms with Gasteiger partial charge in [0.25, 0.3) is 0 Å². The van der Waals surface area contributed by atoms with Crippen LogP contribution in [-0.4, -0.2) is 30.2 Å². The molecule has 2 atom stereocenters. The first-order valence-electron chi connectivity index (χ1n) is 5.43. The van der Waals surface area contributed by atoms with E-state index in [1.54, 1.807) is 4.90 Å². The number of ether oxygens (including phenoxy) is 1. The van der Waals surface area contributed by atoms with E-state index in [-0.39, 0.29) is 12.2 Å². The molecule has 0 aromatic heterocycles. The number of likely N-dealkylation sites (N-methyl/N-ethyl adjacent to an activating group) is 1. The summed E-state index contributed by atoms with van der Waals surface area (Å²) < 4.78 is 5.34. The quantitative estimate of drug-likeness (QED) is 0.597. The fourth-order valence-electron chi connectivity index (χ4n) is 2.50. The van der Waals surface area contributed by atoms with Crippen LogP contribution in [0, 0.1) is 5.41 Å². The molecule has 1 amide bonds. The summed E-state index contributed by atoms with van der Waals surface area (Å²) >= 11 is 0. The van der Waals surface area contributed by atoms with Crippen LogP contribution in [0.4, 0.5) is 4.79 Å². The van der Waals surface area contributed by atoms with E-state index in [4.69, 9.17) is 4.74 Å². The van der Waals surface area contributed by atoms with Gasteiger partial charge >= 0.3 is 6.09 Å². The van der Waals surface area contributed by atoms with E-state index in [2.05, 4.69) is 13.8 Å². The predicted molar refractivity (Wildman–Crippen MR) is 54.1 cm³/mol. The fourth-order valence-corrected chi connectivity index (χ4v) is 2.50. The molecule has 2 rings (SSSR count). The van der Waals surface area contributed by atoms with Gasteiger partial charge in [-0.05, 0) is 31.1 Å². The minimum atomic E-state index is -0.139. The highest BCUT2D eigenvalue weighted by molar-refractivity contribution is 5.70. The molecule has 14 heavy (non-hydrogen) atoms. The summed E-state index contributed by atoms with van der Waals surface area (Å²) in [5, 5.41) is 0. The first-order chi connectivity index (χ1) is 6.49. The Balaban J connectivity index is 2.10. The summed E-state index contributed by atoms with van der Waals surface area (Å²) in [6.45, 7) is 4.60. The number of rotatable bonds is 0. The number of carbonyl (C=O) groups is 1. The normalized spacial score (nSPS) is 36.2. The third-order valence-corrected chi connectivity index (χ3v) is 3.69. The lowest BCUT2D eigenvalue weighted by Crippen LogP contribution is -2.32. The van der Waals surface area contributed by atoms with Crippen molar-refractivity contribution in [1.29, 1.82) is 0 Å². The minimum absolute atomic E-state index is 0.139. The molecule has 80 valence electrons. The number of amides is 1. The summed E-state index contributed by atoms with van der Waals surface area (Å²) in [7, 11) is 1.85. The van der Waals surface area contributed by atoms with Crippen LogP contribution in [0.3, 0.4) is 0 Å². The Labute approximate surface area is 85.4 Å². The maximum absolute atomic E-state index is 11.3. The third-order valence-electron chi connectivity index (χ3n) is 3.69. The highest BCUT2D eigenvalue weighted by Gasteiger charge is 2.42. The van der Waals surface area contributed by atoms with Gasteiger partial charge in [0.2, 0.25) is 0 Å². The molecule has 2 unspecified atom stereocenters. The predicted octanol–water partition coefficient (Wildman–Crippen LogP) is 2.41. The molecule has 0 radical (unpaired) electrons. The summed E-state index contributed by atoms with van der Waals surface area (Å²) in [5.41, 5.74) is 0.414. The average molecular weight is 197 g/mol. The first kappa shape index (κ1) is 9.81. The molecule has 2 aliphatic rings. The van der Waals surface area contributed by atoms with Gasteiger partial charge in [-0.25, -0.2) is 4.79 Å². The van der Waals surface area contributed by atoms with Gasteiger partial charge in [0.1, 0.15) is 6.10 Å². The highest BCUT2D eigenvalue weighted by Crippen LogP contribution is 2.38. The van der Waals surface area contributed by atoms with Crippen LogP contribution >= 0.6 is 0 Å². The zero-order valence-electron chi connectivity index (χ0n) is 9.25. The second kappa shape index (κ2) is 3.14. The van der Waals surface area contributed by atoms with Crippen molar-refractivity contribution in [1.82, 2.24) is 4.90 Å². The van der Waals surface area contributed by atoms with E-state index < -0.39 is 0 Å². The molecular weight excluding hydrogens is 178 g/mol. The molecule has 1 aliphatic carbocycles. The van der Waals surface area contributed by atoms with Gasteiger partial charge in [0, 0.05) is 7.05 Å². The molecule has 2 fully saturated rings. The number of hydrogen-bond donors (Lipinski definition) is 0. The molecule has 1 saturated heterocycles. The van der Waals surface area contributed by atoms with Crippen molar-refractivity contribution in [3.8, 4) is 0 Å². The lowest BCUT2D eigenvalue weighted by atomic mass is 9.85. The number of fused-ring (bicyclic) bond motifs is 1. The van der Waals surface area contributed by atoms with E-state index in [0.29, 0.717) is 11.5 Å². The summed E-state index contributed by atoms with van der Waals surface area (Å²) in [6.07, 6.45) is 4.46. The molecule has 1 saturated carbocycles. The highest BCUT2D eigenvalue weighted by atomic mass is 16.6. The van der Waals surface area contributed by atoms with Gasteiger partial charge in [0.15, 0.2) is 0 Å². The largest absolute Gasteiger partial charge is 0.444 e. The van der Waals surface area contributed by atoms with Crippen LogP contribution in [0.15, 0.2) is 0 Å². The third kappa shape index (κ3) is 1.60. The van der Waals surface area contributed by atoms with Gasteiger partial charge in [-0.2, -0.15) is 0 Å². The van der Waals surface area contributed by atoms with Gasteiger partial charge in [-0.15, -0.1) is 0 Å². The molecule has 1 heterocycles. The zero-order valence-corrected chi connectivity index (χ0v) is 9.25. The molecular formula is C11H19NO2. The lowest BCUT2D eigenvalue weighted by Gasteiger charge is -2.22. The van der Waals surface area contributed by atoms with Gasteiger partial charge < -0.3 is 9.64 Å². The SMILES string of the molecule is CN1C(=O)OC2CCC(C)(C)CCC21. The zero-order chi connectivity index (χ0) is 10.3. The van der Waals surface area contributed by atoms with Crippen LogP contribution in [0.1, 0.15) is 39.5 Å². The maximum atomic E-state index is 11.3. The van der Waals surface area contributed by atoms with Crippen LogP contribution in [0.25, 0.3) is 0 Å². The van der Waals surface area contributed by atoms with Crippen molar-refractivity contribution >= 4 is 6.09 Å². The van der Waals surface area contributed by atoms with Crippen LogP contribution in [-0.2, 0) is 4.74 Å². The number of carbonyl (C=O) groups excluding carboxylic acids is 1. The molecule has 0 spiro atoms. The lowest BCUT2D eigenvalue weighted by molar-refractivity contribution is 0.122. The van der Waals surface area contributed by atoms with Gasteiger partial charge in [-0.3, -0.25) is 0 Å². The van der Waals surface area contributed by atoms with Crippen molar-refractivity contribution in [2.75, 3.05) is 7.05 Å². The number of nitrogens with zero attached hydrogens (tertiary/aromatic N) is 1. The van der Waals surface area contributed by atoms with Crippen LogP contribution in [0.2, 0.25) is 0 Å². The van der Waals surface area contributed by atoms with Gasteiger partial charge in [-0.1, -0.05) is 13.8 Å². The van der Waals surface area contributed by atoms with Gasteiger partial charge in [0.05, 0.1) is 6.04 Å².